The van der Waals surface area contributed by atoms with Crippen LogP contribution in [0.4, 0.5) is 0 Å². The van der Waals surface area contributed by atoms with Crippen LogP contribution in [0.1, 0.15) is 36.0 Å². The highest BCUT2D eigenvalue weighted by Gasteiger charge is 2.32. The predicted molar refractivity (Wildman–Crippen MR) is 91.4 cm³/mol. The van der Waals surface area contributed by atoms with Crippen molar-refractivity contribution in [3.63, 3.8) is 0 Å². The third kappa shape index (κ3) is 4.83. The van der Waals surface area contributed by atoms with E-state index in [4.69, 9.17) is 9.15 Å². The number of ether oxygens (including phenoxy) is 1. The highest BCUT2D eigenvalue weighted by Crippen LogP contribution is 2.20. The normalized spacial score (nSPS) is 21.9. The van der Waals surface area contributed by atoms with E-state index in [-0.39, 0.29) is 17.9 Å². The molecule has 1 aromatic rings. The zero-order valence-corrected chi connectivity index (χ0v) is 14.7. The van der Waals surface area contributed by atoms with Crippen LogP contribution in [-0.2, 0) is 9.53 Å². The fourth-order valence-electron chi connectivity index (χ4n) is 3.58. The van der Waals surface area contributed by atoms with Gasteiger partial charge in [-0.2, -0.15) is 0 Å². The lowest BCUT2D eigenvalue weighted by Gasteiger charge is -2.34. The number of carbonyl (C=O) groups is 2. The maximum Gasteiger partial charge on any atom is 0.257 e. The molecule has 2 aliphatic rings. The van der Waals surface area contributed by atoms with Gasteiger partial charge in [-0.3, -0.25) is 9.59 Å². The molecule has 2 N–H and O–H groups in total. The average Bonchev–Trinajstić information content (AvgIpc) is 3.20. The van der Waals surface area contributed by atoms with Gasteiger partial charge in [-0.25, -0.2) is 0 Å². The summed E-state index contributed by atoms with van der Waals surface area (Å²) in [7, 11) is 0. The molecule has 2 fully saturated rings. The van der Waals surface area contributed by atoms with Crippen LogP contribution in [0.25, 0.3) is 0 Å². The summed E-state index contributed by atoms with van der Waals surface area (Å²) in [5.41, 5.74) is 0.510. The number of quaternary nitrogens is 1. The molecule has 7 nitrogen and oxygen atoms in total. The maximum atomic E-state index is 12.6. The van der Waals surface area contributed by atoms with E-state index >= 15 is 0 Å². The topological polar surface area (TPSA) is 76.2 Å². The van der Waals surface area contributed by atoms with Crippen molar-refractivity contribution in [3.05, 3.63) is 24.2 Å². The molecule has 2 amide bonds. The molecule has 7 heteroatoms. The van der Waals surface area contributed by atoms with E-state index in [1.807, 2.05) is 0 Å². The van der Waals surface area contributed by atoms with Gasteiger partial charge in [0.15, 0.2) is 0 Å². The highest BCUT2D eigenvalue weighted by molar-refractivity contribution is 5.97. The third-order valence-electron chi connectivity index (χ3n) is 5.04. The number of nitrogens with one attached hydrogen (secondary N) is 2. The Morgan fingerprint density at radius 3 is 2.88 bits per heavy atom. The van der Waals surface area contributed by atoms with E-state index in [0.29, 0.717) is 18.7 Å². The smallest absolute Gasteiger partial charge is 0.257 e. The zero-order valence-electron chi connectivity index (χ0n) is 14.7. The monoisotopic (exact) mass is 350 g/mol. The molecule has 1 atom stereocenters. The summed E-state index contributed by atoms with van der Waals surface area (Å²) in [6, 6.07) is 1.28. The summed E-state index contributed by atoms with van der Waals surface area (Å²) in [6.07, 6.45) is 6.52. The Kier molecular flexibility index (Phi) is 6.47. The van der Waals surface area contributed by atoms with Crippen molar-refractivity contribution >= 4 is 11.8 Å². The standard InChI is InChI=1S/C18H27N3O4/c22-17(19-6-3-7-20-9-12-24-13-10-20)16-4-1-2-8-21(16)18(23)15-5-11-25-14-15/h5,11,14,16H,1-4,6-10,12-13H2,(H,19,22)/p+1/t16-/m0/s1. The number of amides is 2. The van der Waals surface area contributed by atoms with Crippen molar-refractivity contribution in [2.45, 2.75) is 31.7 Å². The van der Waals surface area contributed by atoms with Crippen LogP contribution in [0.5, 0.6) is 0 Å². The largest absolute Gasteiger partial charge is 0.472 e. The molecule has 25 heavy (non-hydrogen) atoms. The Hall–Kier alpha value is -1.86. The van der Waals surface area contributed by atoms with E-state index in [1.54, 1.807) is 11.0 Å². The fraction of sp³-hybridized carbons (Fsp3) is 0.667. The number of hydrogen-bond acceptors (Lipinski definition) is 4. The number of hydrogen-bond donors (Lipinski definition) is 2. The first-order valence-electron chi connectivity index (χ1n) is 9.28. The van der Waals surface area contributed by atoms with Gasteiger partial charge >= 0.3 is 0 Å². The van der Waals surface area contributed by atoms with Crippen LogP contribution in [0.3, 0.4) is 0 Å². The number of furan rings is 1. The summed E-state index contributed by atoms with van der Waals surface area (Å²) < 4.78 is 10.4. The lowest BCUT2D eigenvalue weighted by Crippen LogP contribution is -3.14. The Balaban J connectivity index is 1.46. The van der Waals surface area contributed by atoms with Gasteiger partial charge in [0.1, 0.15) is 25.4 Å². The average molecular weight is 350 g/mol. The van der Waals surface area contributed by atoms with Gasteiger partial charge in [0, 0.05) is 19.5 Å². The van der Waals surface area contributed by atoms with Crippen LogP contribution in [0, 0.1) is 0 Å². The third-order valence-corrected chi connectivity index (χ3v) is 5.04. The first-order chi connectivity index (χ1) is 12.3. The van der Waals surface area contributed by atoms with Gasteiger partial charge < -0.3 is 24.3 Å². The van der Waals surface area contributed by atoms with E-state index < -0.39 is 0 Å². The number of rotatable bonds is 6. The SMILES string of the molecule is O=C(NCCC[NH+]1CCOCC1)[C@@H]1CCCCN1C(=O)c1ccoc1. The molecule has 0 spiro atoms. The summed E-state index contributed by atoms with van der Waals surface area (Å²) in [6.45, 7) is 6.08. The Morgan fingerprint density at radius 1 is 1.28 bits per heavy atom. The first kappa shape index (κ1) is 17.9. The molecular weight excluding hydrogens is 322 g/mol. The van der Waals surface area contributed by atoms with Crippen molar-refractivity contribution in [2.75, 3.05) is 45.9 Å². The molecule has 2 aliphatic heterocycles. The first-order valence-corrected chi connectivity index (χ1v) is 9.28. The van der Waals surface area contributed by atoms with E-state index in [0.717, 1.165) is 58.5 Å². The molecule has 2 saturated heterocycles. The van der Waals surface area contributed by atoms with E-state index in [2.05, 4.69) is 5.32 Å². The van der Waals surface area contributed by atoms with Gasteiger partial charge in [-0.05, 0) is 25.3 Å². The minimum atomic E-state index is -0.369. The van der Waals surface area contributed by atoms with Gasteiger partial charge in [-0.15, -0.1) is 0 Å². The van der Waals surface area contributed by atoms with Crippen LogP contribution < -0.4 is 10.2 Å². The predicted octanol–water partition coefficient (Wildman–Crippen LogP) is -0.304. The number of likely N-dealkylation sites (tertiary alicyclic amines) is 1. The van der Waals surface area contributed by atoms with Crippen LogP contribution >= 0.6 is 0 Å². The van der Waals surface area contributed by atoms with Crippen molar-refractivity contribution in [2.24, 2.45) is 0 Å². The molecule has 3 rings (SSSR count). The fourth-order valence-corrected chi connectivity index (χ4v) is 3.58. The van der Waals surface area contributed by atoms with Crippen molar-refractivity contribution < 1.29 is 23.6 Å². The second kappa shape index (κ2) is 9.01. The highest BCUT2D eigenvalue weighted by atomic mass is 16.5. The molecule has 0 saturated carbocycles. The van der Waals surface area contributed by atoms with Crippen LogP contribution in [0.15, 0.2) is 23.0 Å². The molecular formula is C18H28N3O4+. The van der Waals surface area contributed by atoms with Crippen LogP contribution in [0.2, 0.25) is 0 Å². The summed E-state index contributed by atoms with van der Waals surface area (Å²) in [5.74, 6) is -0.153. The van der Waals surface area contributed by atoms with Crippen molar-refractivity contribution in [1.29, 1.82) is 0 Å². The Bertz CT molecular complexity index is 555. The van der Waals surface area contributed by atoms with E-state index in [9.17, 15) is 9.59 Å². The van der Waals surface area contributed by atoms with Gasteiger partial charge in [0.2, 0.25) is 5.91 Å². The molecule has 138 valence electrons. The number of piperidine rings is 1. The second-order valence-electron chi connectivity index (χ2n) is 6.78. The Morgan fingerprint density at radius 2 is 2.12 bits per heavy atom. The number of carbonyl (C=O) groups excluding carboxylic acids is 2. The molecule has 0 aromatic carbocycles. The minimum absolute atomic E-state index is 0.0338. The van der Waals surface area contributed by atoms with Gasteiger partial charge in [-0.1, -0.05) is 0 Å². The molecule has 0 aliphatic carbocycles. The van der Waals surface area contributed by atoms with Gasteiger partial charge in [0.25, 0.3) is 5.91 Å². The Labute approximate surface area is 148 Å². The lowest BCUT2D eigenvalue weighted by molar-refractivity contribution is -0.908. The minimum Gasteiger partial charge on any atom is -0.472 e. The van der Waals surface area contributed by atoms with Crippen LogP contribution in [-0.4, -0.2) is 68.7 Å². The summed E-state index contributed by atoms with van der Waals surface area (Å²) in [5, 5.41) is 3.02. The van der Waals surface area contributed by atoms with Crippen molar-refractivity contribution in [1.82, 2.24) is 10.2 Å². The number of morpholine rings is 1. The molecule has 0 unspecified atom stereocenters. The molecule has 0 radical (unpaired) electrons. The van der Waals surface area contributed by atoms with E-state index in [1.165, 1.54) is 17.4 Å². The molecule has 3 heterocycles. The van der Waals surface area contributed by atoms with Crippen molar-refractivity contribution in [3.8, 4) is 0 Å². The molecule has 1 aromatic heterocycles. The summed E-state index contributed by atoms with van der Waals surface area (Å²) in [4.78, 5) is 28.4. The number of nitrogens with zero attached hydrogens (tertiary/aromatic N) is 1. The van der Waals surface area contributed by atoms with Gasteiger partial charge in [0.05, 0.1) is 31.6 Å². The zero-order chi connectivity index (χ0) is 17.5. The quantitative estimate of drug-likeness (QED) is 0.691. The maximum absolute atomic E-state index is 12.6. The molecule has 0 bridgehead atoms. The second-order valence-corrected chi connectivity index (χ2v) is 6.78. The summed E-state index contributed by atoms with van der Waals surface area (Å²) >= 11 is 0. The lowest BCUT2D eigenvalue weighted by atomic mass is 10.0.